The summed E-state index contributed by atoms with van der Waals surface area (Å²) in [5, 5.41) is 0. The van der Waals surface area contributed by atoms with Crippen molar-refractivity contribution in [1.82, 2.24) is 0 Å². The zero-order chi connectivity index (χ0) is 14.3. The average Bonchev–Trinajstić information content (AvgIpc) is 2.22. The van der Waals surface area contributed by atoms with E-state index in [1.54, 1.807) is 0 Å². The number of benzene rings is 1. The molecule has 0 fully saturated rings. The Morgan fingerprint density at radius 3 is 1.89 bits per heavy atom. The quantitative estimate of drug-likeness (QED) is 0.479. The Labute approximate surface area is 107 Å². The van der Waals surface area contributed by atoms with Crippen LogP contribution in [0, 0.1) is 0 Å². The maximum atomic E-state index is 8.74. The molecule has 0 saturated carbocycles. The minimum atomic E-state index is -4.67. The average molecular weight is 277 g/mol. The van der Waals surface area contributed by atoms with Crippen molar-refractivity contribution in [3.8, 4) is 0 Å². The fourth-order valence-corrected chi connectivity index (χ4v) is 1.35. The summed E-state index contributed by atoms with van der Waals surface area (Å²) in [6.45, 7) is 6.21. The van der Waals surface area contributed by atoms with Gasteiger partial charge in [-0.1, -0.05) is 0 Å². The van der Waals surface area contributed by atoms with Crippen LogP contribution in [-0.2, 0) is 10.4 Å². The molecule has 0 atom stereocenters. The van der Waals surface area contributed by atoms with Crippen molar-refractivity contribution in [3.05, 3.63) is 18.2 Å². The molecule has 0 saturated heterocycles. The van der Waals surface area contributed by atoms with E-state index in [2.05, 4.69) is 18.7 Å². The number of nitrogens with two attached hydrogens (primary N) is 2. The maximum Gasteiger partial charge on any atom is 0.394 e. The molecule has 0 aliphatic rings. The summed E-state index contributed by atoms with van der Waals surface area (Å²) in [6.07, 6.45) is 0. The number of nitrogen functional groups attached to an aromatic ring is 2. The van der Waals surface area contributed by atoms with Crippen LogP contribution in [0.3, 0.4) is 0 Å². The van der Waals surface area contributed by atoms with Crippen molar-refractivity contribution >= 4 is 27.5 Å². The first-order chi connectivity index (χ1) is 8.19. The van der Waals surface area contributed by atoms with Gasteiger partial charge in [0.15, 0.2) is 0 Å². The molecule has 8 heteroatoms. The number of nitrogens with zero attached hydrogens (tertiary/aromatic N) is 1. The lowest BCUT2D eigenvalue weighted by Gasteiger charge is -2.21. The van der Waals surface area contributed by atoms with Crippen molar-refractivity contribution in [2.75, 3.05) is 29.5 Å². The van der Waals surface area contributed by atoms with Crippen LogP contribution in [0.5, 0.6) is 0 Å². The van der Waals surface area contributed by atoms with Crippen molar-refractivity contribution in [1.29, 1.82) is 0 Å². The van der Waals surface area contributed by atoms with Crippen molar-refractivity contribution in [2.45, 2.75) is 13.8 Å². The fourth-order valence-electron chi connectivity index (χ4n) is 1.35. The van der Waals surface area contributed by atoms with Crippen molar-refractivity contribution in [3.63, 3.8) is 0 Å². The molecule has 104 valence electrons. The van der Waals surface area contributed by atoms with Crippen LogP contribution in [0.1, 0.15) is 13.8 Å². The van der Waals surface area contributed by atoms with E-state index in [0.717, 1.165) is 18.8 Å². The molecule has 0 bridgehead atoms. The normalized spacial score (nSPS) is 10.4. The van der Waals surface area contributed by atoms with Gasteiger partial charge < -0.3 is 16.4 Å². The molecule has 6 N–H and O–H groups in total. The van der Waals surface area contributed by atoms with E-state index in [1.165, 1.54) is 0 Å². The Morgan fingerprint density at radius 1 is 1.11 bits per heavy atom. The lowest BCUT2D eigenvalue weighted by Crippen LogP contribution is -2.21. The topological polar surface area (TPSA) is 130 Å². The molecule has 1 aromatic rings. The molecule has 0 aliphatic carbocycles. The second-order valence-electron chi connectivity index (χ2n) is 3.43. The van der Waals surface area contributed by atoms with Crippen LogP contribution in [0.2, 0.25) is 0 Å². The highest BCUT2D eigenvalue weighted by Crippen LogP contribution is 2.22. The first kappa shape index (κ1) is 16.5. The van der Waals surface area contributed by atoms with E-state index in [0.29, 0.717) is 11.4 Å². The Balaban J connectivity index is 0.000000494. The van der Waals surface area contributed by atoms with Gasteiger partial charge in [0.25, 0.3) is 0 Å². The van der Waals surface area contributed by atoms with Crippen LogP contribution in [0.4, 0.5) is 17.1 Å². The Hall–Kier alpha value is -1.51. The predicted molar refractivity (Wildman–Crippen MR) is 73.0 cm³/mol. The van der Waals surface area contributed by atoms with Gasteiger partial charge in [-0.05, 0) is 32.0 Å². The van der Waals surface area contributed by atoms with Gasteiger partial charge in [-0.3, -0.25) is 9.11 Å². The number of anilines is 3. The molecule has 0 aromatic heterocycles. The number of rotatable bonds is 3. The van der Waals surface area contributed by atoms with Gasteiger partial charge in [-0.2, -0.15) is 8.42 Å². The summed E-state index contributed by atoms with van der Waals surface area (Å²) in [5.74, 6) is 0. The number of hydrogen-bond donors (Lipinski definition) is 4. The van der Waals surface area contributed by atoms with Crippen LogP contribution in [0.15, 0.2) is 18.2 Å². The van der Waals surface area contributed by atoms with Crippen LogP contribution in [0.25, 0.3) is 0 Å². The van der Waals surface area contributed by atoms with Gasteiger partial charge >= 0.3 is 10.4 Å². The molecular formula is C10H19N3O4S. The predicted octanol–water partition coefficient (Wildman–Crippen LogP) is 1.04. The number of hydrogen-bond acceptors (Lipinski definition) is 5. The Morgan fingerprint density at radius 2 is 1.56 bits per heavy atom. The highest BCUT2D eigenvalue weighted by atomic mass is 32.3. The Kier molecular flexibility index (Phi) is 6.45. The van der Waals surface area contributed by atoms with Crippen LogP contribution in [-0.4, -0.2) is 30.6 Å². The smallest absolute Gasteiger partial charge is 0.394 e. The van der Waals surface area contributed by atoms with Crippen molar-refractivity contribution < 1.29 is 17.5 Å². The van der Waals surface area contributed by atoms with Gasteiger partial charge in [0.1, 0.15) is 0 Å². The van der Waals surface area contributed by atoms with Gasteiger partial charge in [0.2, 0.25) is 0 Å². The Bertz CT molecular complexity index is 464. The third-order valence-corrected chi connectivity index (χ3v) is 2.20. The van der Waals surface area contributed by atoms with Crippen LogP contribution < -0.4 is 16.4 Å². The van der Waals surface area contributed by atoms with E-state index < -0.39 is 10.4 Å². The minimum Gasteiger partial charge on any atom is -0.397 e. The third-order valence-electron chi connectivity index (χ3n) is 2.20. The van der Waals surface area contributed by atoms with Gasteiger partial charge in [0.05, 0.1) is 11.4 Å². The SMILES string of the molecule is CCN(CC)c1ccc(N)c(N)c1.O=S(=O)(O)O. The molecule has 1 rings (SSSR count). The standard InChI is InChI=1S/C10H17N3.H2O4S/c1-3-13(4-2)8-5-6-9(11)10(12)7-8;1-5(2,3)4/h5-7H,3-4,11-12H2,1-2H3;(H2,1,2,3,4). The van der Waals surface area contributed by atoms with Crippen LogP contribution >= 0.6 is 0 Å². The van der Waals surface area contributed by atoms with E-state index in [4.69, 9.17) is 29.0 Å². The monoisotopic (exact) mass is 277 g/mol. The summed E-state index contributed by atoms with van der Waals surface area (Å²) < 4.78 is 31.6. The van der Waals surface area contributed by atoms with E-state index in [-0.39, 0.29) is 0 Å². The summed E-state index contributed by atoms with van der Waals surface area (Å²) in [4.78, 5) is 2.23. The largest absolute Gasteiger partial charge is 0.397 e. The van der Waals surface area contributed by atoms with E-state index >= 15 is 0 Å². The molecule has 0 aliphatic heterocycles. The molecule has 0 heterocycles. The lowest BCUT2D eigenvalue weighted by atomic mass is 10.2. The zero-order valence-electron chi connectivity index (χ0n) is 10.4. The molecule has 0 spiro atoms. The first-order valence-electron chi connectivity index (χ1n) is 5.28. The lowest BCUT2D eigenvalue weighted by molar-refractivity contribution is 0.381. The summed E-state index contributed by atoms with van der Waals surface area (Å²) in [6, 6.07) is 5.77. The first-order valence-corrected chi connectivity index (χ1v) is 6.68. The zero-order valence-corrected chi connectivity index (χ0v) is 11.2. The molecule has 0 radical (unpaired) electrons. The molecule has 0 unspecified atom stereocenters. The summed E-state index contributed by atoms with van der Waals surface area (Å²) in [7, 11) is -4.67. The molecule has 7 nitrogen and oxygen atoms in total. The van der Waals surface area contributed by atoms with E-state index in [1.807, 2.05) is 18.2 Å². The molecular weight excluding hydrogens is 258 g/mol. The minimum absolute atomic E-state index is 0.649. The van der Waals surface area contributed by atoms with Gasteiger partial charge in [-0.15, -0.1) is 0 Å². The second-order valence-corrected chi connectivity index (χ2v) is 4.33. The highest BCUT2D eigenvalue weighted by Gasteiger charge is 2.02. The van der Waals surface area contributed by atoms with Gasteiger partial charge in [-0.25, -0.2) is 0 Å². The molecule has 18 heavy (non-hydrogen) atoms. The highest BCUT2D eigenvalue weighted by molar-refractivity contribution is 7.79. The summed E-state index contributed by atoms with van der Waals surface area (Å²) >= 11 is 0. The van der Waals surface area contributed by atoms with Crippen molar-refractivity contribution in [2.24, 2.45) is 0 Å². The van der Waals surface area contributed by atoms with Gasteiger partial charge in [0, 0.05) is 18.8 Å². The van der Waals surface area contributed by atoms with E-state index in [9.17, 15) is 0 Å². The second kappa shape index (κ2) is 7.04. The third kappa shape index (κ3) is 6.94. The summed E-state index contributed by atoms with van der Waals surface area (Å²) in [5.41, 5.74) is 13.8. The maximum absolute atomic E-state index is 8.74. The molecule has 1 aromatic carbocycles. The fraction of sp³-hybridized carbons (Fsp3) is 0.400. The molecule has 0 amide bonds.